The third-order valence-electron chi connectivity index (χ3n) is 3.33. The predicted octanol–water partition coefficient (Wildman–Crippen LogP) is 2.94. The molecule has 0 radical (unpaired) electrons. The molecule has 0 aliphatic rings. The first kappa shape index (κ1) is 13.8. The van der Waals surface area contributed by atoms with Crippen LogP contribution in [0.25, 0.3) is 11.0 Å². The van der Waals surface area contributed by atoms with E-state index in [1.807, 2.05) is 38.1 Å². The van der Waals surface area contributed by atoms with E-state index >= 15 is 0 Å². The fourth-order valence-electron chi connectivity index (χ4n) is 2.36. The minimum atomic E-state index is -0.179. The highest BCUT2D eigenvalue weighted by Gasteiger charge is 2.17. The summed E-state index contributed by atoms with van der Waals surface area (Å²) in [5, 5.41) is 5.23. The van der Waals surface area contributed by atoms with Gasteiger partial charge in [-0.1, -0.05) is 37.6 Å². The van der Waals surface area contributed by atoms with Crippen molar-refractivity contribution in [1.82, 2.24) is 19.7 Å². The lowest BCUT2D eigenvalue weighted by atomic mass is 10.1. The summed E-state index contributed by atoms with van der Waals surface area (Å²) in [7, 11) is 0. The van der Waals surface area contributed by atoms with Gasteiger partial charge in [0.15, 0.2) is 5.52 Å². The first-order valence-corrected chi connectivity index (χ1v) is 7.12. The normalized spacial score (nSPS) is 11.4. The summed E-state index contributed by atoms with van der Waals surface area (Å²) in [6, 6.07) is 7.53. The van der Waals surface area contributed by atoms with E-state index < -0.39 is 0 Å². The van der Waals surface area contributed by atoms with Gasteiger partial charge in [0.2, 0.25) is 0 Å². The van der Waals surface area contributed by atoms with E-state index in [0.717, 1.165) is 11.3 Å². The van der Waals surface area contributed by atoms with Crippen LogP contribution >= 0.6 is 11.6 Å². The van der Waals surface area contributed by atoms with Crippen molar-refractivity contribution in [3.63, 3.8) is 0 Å². The smallest absolute Gasteiger partial charge is 0.276 e. The molecule has 2 aromatic heterocycles. The molecule has 0 atom stereocenters. The molecule has 0 aliphatic heterocycles. The molecule has 0 aliphatic carbocycles. The van der Waals surface area contributed by atoms with Crippen LogP contribution in [-0.4, -0.2) is 19.7 Å². The van der Waals surface area contributed by atoms with E-state index in [1.165, 1.54) is 6.33 Å². The van der Waals surface area contributed by atoms with Gasteiger partial charge in [0.25, 0.3) is 5.56 Å². The molecule has 108 valence electrons. The second-order valence-electron chi connectivity index (χ2n) is 5.26. The summed E-state index contributed by atoms with van der Waals surface area (Å²) in [5.74, 6) is 0.197. The number of rotatable bonds is 3. The monoisotopic (exact) mass is 302 g/mol. The van der Waals surface area contributed by atoms with Crippen molar-refractivity contribution >= 4 is 22.6 Å². The molecule has 21 heavy (non-hydrogen) atoms. The van der Waals surface area contributed by atoms with Crippen molar-refractivity contribution in [2.45, 2.75) is 26.3 Å². The molecule has 0 unspecified atom stereocenters. The third kappa shape index (κ3) is 2.56. The number of fused-ring (bicyclic) bond motifs is 1. The molecule has 0 spiro atoms. The molecular weight excluding hydrogens is 288 g/mol. The quantitative estimate of drug-likeness (QED) is 0.809. The SMILES string of the molecule is CC(C)c1nn(Cc2cccc(Cl)c2)c2c(=O)[nH]cnc12. The maximum absolute atomic E-state index is 12.1. The van der Waals surface area contributed by atoms with Crippen LogP contribution in [0.1, 0.15) is 31.0 Å². The Morgan fingerprint density at radius 3 is 2.90 bits per heavy atom. The summed E-state index contributed by atoms with van der Waals surface area (Å²) >= 11 is 6.01. The van der Waals surface area contributed by atoms with Crippen molar-refractivity contribution in [2.75, 3.05) is 0 Å². The molecule has 0 bridgehead atoms. The lowest BCUT2D eigenvalue weighted by molar-refractivity contribution is 0.673. The van der Waals surface area contributed by atoms with Gasteiger partial charge in [0.05, 0.1) is 18.6 Å². The number of H-pyrrole nitrogens is 1. The minimum Gasteiger partial charge on any atom is -0.311 e. The van der Waals surface area contributed by atoms with Crippen LogP contribution < -0.4 is 5.56 Å². The number of hydrogen-bond donors (Lipinski definition) is 1. The Balaban J connectivity index is 2.16. The van der Waals surface area contributed by atoms with Crippen LogP contribution in [0.4, 0.5) is 0 Å². The Morgan fingerprint density at radius 1 is 1.38 bits per heavy atom. The van der Waals surface area contributed by atoms with Crippen molar-refractivity contribution in [1.29, 1.82) is 0 Å². The molecule has 6 heteroatoms. The standard InChI is InChI=1S/C15H15ClN4O/c1-9(2)12-13-14(15(21)18-8-17-13)20(19-12)7-10-4-3-5-11(16)6-10/h3-6,8-9H,7H2,1-2H3,(H,17,18,21). The van der Waals surface area contributed by atoms with Gasteiger partial charge in [0, 0.05) is 5.02 Å². The molecule has 5 nitrogen and oxygen atoms in total. The summed E-state index contributed by atoms with van der Waals surface area (Å²) in [6.45, 7) is 4.56. The maximum atomic E-state index is 12.1. The topological polar surface area (TPSA) is 63.6 Å². The van der Waals surface area contributed by atoms with Crippen molar-refractivity contribution in [3.05, 3.63) is 57.2 Å². The molecule has 1 aromatic carbocycles. The Hall–Kier alpha value is -2.14. The second-order valence-corrected chi connectivity index (χ2v) is 5.69. The first-order valence-electron chi connectivity index (χ1n) is 6.75. The van der Waals surface area contributed by atoms with Gasteiger partial charge in [0.1, 0.15) is 5.52 Å². The average molecular weight is 303 g/mol. The van der Waals surface area contributed by atoms with Crippen LogP contribution in [0.15, 0.2) is 35.4 Å². The zero-order chi connectivity index (χ0) is 15.0. The highest BCUT2D eigenvalue weighted by Crippen LogP contribution is 2.21. The van der Waals surface area contributed by atoms with Crippen molar-refractivity contribution in [3.8, 4) is 0 Å². The Morgan fingerprint density at radius 2 is 2.19 bits per heavy atom. The maximum Gasteiger partial charge on any atom is 0.276 e. The number of nitrogens with one attached hydrogen (secondary N) is 1. The summed E-state index contributed by atoms with van der Waals surface area (Å²) in [6.07, 6.45) is 1.42. The zero-order valence-electron chi connectivity index (χ0n) is 11.8. The number of hydrogen-bond acceptors (Lipinski definition) is 3. The largest absolute Gasteiger partial charge is 0.311 e. The third-order valence-corrected chi connectivity index (χ3v) is 3.56. The lowest BCUT2D eigenvalue weighted by Crippen LogP contribution is -2.12. The van der Waals surface area contributed by atoms with Gasteiger partial charge in [-0.15, -0.1) is 0 Å². The Kier molecular flexibility index (Phi) is 3.51. The zero-order valence-corrected chi connectivity index (χ0v) is 12.6. The Bertz CT molecular complexity index is 850. The molecule has 2 heterocycles. The van der Waals surface area contributed by atoms with Crippen LogP contribution in [0.3, 0.4) is 0 Å². The van der Waals surface area contributed by atoms with Gasteiger partial charge in [-0.05, 0) is 23.6 Å². The van der Waals surface area contributed by atoms with Gasteiger partial charge in [-0.25, -0.2) is 4.98 Å². The van der Waals surface area contributed by atoms with Crippen molar-refractivity contribution < 1.29 is 0 Å². The van der Waals surface area contributed by atoms with E-state index in [2.05, 4.69) is 15.1 Å². The fraction of sp³-hybridized carbons (Fsp3) is 0.267. The molecule has 0 amide bonds. The summed E-state index contributed by atoms with van der Waals surface area (Å²) < 4.78 is 1.70. The van der Waals surface area contributed by atoms with Gasteiger partial charge < -0.3 is 4.98 Å². The molecule has 1 N–H and O–H groups in total. The predicted molar refractivity (Wildman–Crippen MR) is 82.8 cm³/mol. The number of halogens is 1. The Labute approximate surface area is 126 Å². The molecule has 0 saturated carbocycles. The molecular formula is C15H15ClN4O. The summed E-state index contributed by atoms with van der Waals surface area (Å²) in [5.41, 5.74) is 2.81. The van der Waals surface area contributed by atoms with Gasteiger partial charge in [-0.3, -0.25) is 9.48 Å². The molecule has 3 rings (SSSR count). The van der Waals surface area contributed by atoms with E-state index in [1.54, 1.807) is 4.68 Å². The summed E-state index contributed by atoms with van der Waals surface area (Å²) in [4.78, 5) is 19.0. The number of benzene rings is 1. The first-order chi connectivity index (χ1) is 10.1. The lowest BCUT2D eigenvalue weighted by Gasteiger charge is -2.03. The van der Waals surface area contributed by atoms with Crippen LogP contribution in [-0.2, 0) is 6.54 Å². The van der Waals surface area contributed by atoms with Crippen LogP contribution in [0, 0.1) is 0 Å². The highest BCUT2D eigenvalue weighted by molar-refractivity contribution is 6.30. The second kappa shape index (κ2) is 5.33. The van der Waals surface area contributed by atoms with Crippen molar-refractivity contribution in [2.24, 2.45) is 0 Å². The number of aromatic amines is 1. The molecule has 0 saturated heterocycles. The van der Waals surface area contributed by atoms with E-state index in [-0.39, 0.29) is 11.5 Å². The number of aromatic nitrogens is 4. The molecule has 3 aromatic rings. The van der Waals surface area contributed by atoms with Gasteiger partial charge in [-0.2, -0.15) is 5.10 Å². The highest BCUT2D eigenvalue weighted by atomic mass is 35.5. The van der Waals surface area contributed by atoms with Crippen LogP contribution in [0.2, 0.25) is 5.02 Å². The van der Waals surface area contributed by atoms with E-state index in [4.69, 9.17) is 11.6 Å². The minimum absolute atomic E-state index is 0.179. The van der Waals surface area contributed by atoms with E-state index in [0.29, 0.717) is 22.6 Å². The van der Waals surface area contributed by atoms with Crippen LogP contribution in [0.5, 0.6) is 0 Å². The number of nitrogens with zero attached hydrogens (tertiary/aromatic N) is 3. The van der Waals surface area contributed by atoms with Gasteiger partial charge >= 0.3 is 0 Å². The molecule has 0 fully saturated rings. The fourth-order valence-corrected chi connectivity index (χ4v) is 2.57. The average Bonchev–Trinajstić information content (AvgIpc) is 2.79. The van der Waals surface area contributed by atoms with E-state index in [9.17, 15) is 4.79 Å².